The summed E-state index contributed by atoms with van der Waals surface area (Å²) in [5, 5.41) is 0. The fraction of sp³-hybridized carbons (Fsp3) is 0.571. The minimum absolute atomic E-state index is 0.128. The average Bonchev–Trinajstić information content (AvgIpc) is 2.19. The lowest BCUT2D eigenvalue weighted by molar-refractivity contribution is -0.127. The van der Waals surface area contributed by atoms with Crippen molar-refractivity contribution in [3.63, 3.8) is 0 Å². The van der Waals surface area contributed by atoms with Crippen LogP contribution in [0.4, 0.5) is 0 Å². The highest BCUT2D eigenvalue weighted by atomic mass is 16.5. The highest BCUT2D eigenvalue weighted by Crippen LogP contribution is 2.34. The molecule has 100 valence electrons. The number of carbonyl (C=O) groups is 2. The van der Waals surface area contributed by atoms with Crippen molar-refractivity contribution in [2.45, 2.75) is 26.7 Å². The molecule has 4 nitrogen and oxygen atoms in total. The lowest BCUT2D eigenvalue weighted by atomic mass is 9.74. The van der Waals surface area contributed by atoms with E-state index < -0.39 is 0 Å². The maximum Gasteiger partial charge on any atom is 0.170 e. The molecule has 0 radical (unpaired) electrons. The highest BCUT2D eigenvalue weighted by molar-refractivity contribution is 6.22. The van der Waals surface area contributed by atoms with E-state index in [1.54, 1.807) is 12.3 Å². The molecule has 0 unspecified atom stereocenters. The zero-order chi connectivity index (χ0) is 13.9. The summed E-state index contributed by atoms with van der Waals surface area (Å²) in [6.07, 6.45) is 4.18. The number of ketones is 2. The molecule has 1 fully saturated rings. The molecule has 0 spiro atoms. The smallest absolute Gasteiger partial charge is 0.170 e. The van der Waals surface area contributed by atoms with Gasteiger partial charge in [0.25, 0.3) is 0 Å². The monoisotopic (exact) mass is 251 g/mol. The summed E-state index contributed by atoms with van der Waals surface area (Å²) in [7, 11) is 5.20. The van der Waals surface area contributed by atoms with Gasteiger partial charge in [-0.2, -0.15) is 0 Å². The molecule has 0 bridgehead atoms. The molecule has 0 aliphatic heterocycles. The van der Waals surface area contributed by atoms with Gasteiger partial charge in [-0.25, -0.2) is 0 Å². The molecular formula is C14H21NO3. The fourth-order valence-corrected chi connectivity index (χ4v) is 2.01. The van der Waals surface area contributed by atoms with Crippen LogP contribution >= 0.6 is 0 Å². The van der Waals surface area contributed by atoms with Crippen LogP contribution in [0.15, 0.2) is 23.6 Å². The van der Waals surface area contributed by atoms with Gasteiger partial charge in [-0.1, -0.05) is 13.8 Å². The zero-order valence-corrected chi connectivity index (χ0v) is 11.7. The van der Waals surface area contributed by atoms with Gasteiger partial charge in [0.15, 0.2) is 11.6 Å². The second-order valence-corrected chi connectivity index (χ2v) is 5.59. The number of ether oxygens (including phenoxy) is 1. The number of hydrogen-bond acceptors (Lipinski definition) is 4. The van der Waals surface area contributed by atoms with Crippen molar-refractivity contribution in [3.05, 3.63) is 23.6 Å². The molecule has 1 saturated carbocycles. The van der Waals surface area contributed by atoms with Crippen LogP contribution in [0.3, 0.4) is 0 Å². The average molecular weight is 251 g/mol. The third-order valence-corrected chi connectivity index (χ3v) is 2.83. The first-order chi connectivity index (χ1) is 8.26. The Morgan fingerprint density at radius 2 is 1.72 bits per heavy atom. The van der Waals surface area contributed by atoms with E-state index in [0.717, 1.165) is 0 Å². The van der Waals surface area contributed by atoms with E-state index in [-0.39, 0.29) is 22.6 Å². The third-order valence-electron chi connectivity index (χ3n) is 2.83. The van der Waals surface area contributed by atoms with Gasteiger partial charge in [-0.3, -0.25) is 9.59 Å². The largest absolute Gasteiger partial charge is 0.496 e. The second-order valence-electron chi connectivity index (χ2n) is 5.59. The lowest BCUT2D eigenvalue weighted by Gasteiger charge is -2.29. The van der Waals surface area contributed by atoms with Crippen LogP contribution in [0.1, 0.15) is 26.7 Å². The molecule has 0 heterocycles. The van der Waals surface area contributed by atoms with E-state index in [2.05, 4.69) is 0 Å². The highest BCUT2D eigenvalue weighted by Gasteiger charge is 2.37. The maximum absolute atomic E-state index is 12.1. The quantitative estimate of drug-likeness (QED) is 0.437. The Bertz CT molecular complexity index is 395. The first-order valence-electron chi connectivity index (χ1n) is 5.96. The normalized spacial score (nSPS) is 19.3. The summed E-state index contributed by atoms with van der Waals surface area (Å²) in [5.41, 5.74) is -0.0446. The Kier molecular flexibility index (Phi) is 4.33. The molecule has 0 aromatic carbocycles. The van der Waals surface area contributed by atoms with Crippen LogP contribution in [0.5, 0.6) is 0 Å². The number of Topliss-reactive ketones (excluding diaryl/α,β-unsaturated/α-hetero) is 2. The second kappa shape index (κ2) is 5.38. The number of rotatable bonds is 3. The van der Waals surface area contributed by atoms with E-state index in [0.29, 0.717) is 18.6 Å². The van der Waals surface area contributed by atoms with Crippen LogP contribution in [0.2, 0.25) is 0 Å². The summed E-state index contributed by atoms with van der Waals surface area (Å²) in [6.45, 7) is 3.86. The van der Waals surface area contributed by atoms with Crippen molar-refractivity contribution >= 4 is 11.6 Å². The molecule has 4 heteroatoms. The Morgan fingerprint density at radius 3 is 2.11 bits per heavy atom. The van der Waals surface area contributed by atoms with Crippen molar-refractivity contribution in [1.82, 2.24) is 4.90 Å². The fourth-order valence-electron chi connectivity index (χ4n) is 2.01. The van der Waals surface area contributed by atoms with Crippen LogP contribution < -0.4 is 0 Å². The van der Waals surface area contributed by atoms with Gasteiger partial charge in [0.05, 0.1) is 7.11 Å². The Balaban J connectivity index is 3.11. The summed E-state index contributed by atoms with van der Waals surface area (Å²) < 4.78 is 5.17. The first kappa shape index (κ1) is 14.5. The standard InChI is InChI=1S/C14H21NO3/c1-14(2)8-10(16)13(11(17)9-14)12(18-5)6-7-15(3)4/h6-7H,8-9H2,1-5H3/b7-6+. The number of allylic oxidation sites excluding steroid dienone is 2. The van der Waals surface area contributed by atoms with Crippen LogP contribution in [-0.4, -0.2) is 37.7 Å². The Morgan fingerprint density at radius 1 is 1.22 bits per heavy atom. The summed E-state index contributed by atoms with van der Waals surface area (Å²) >= 11 is 0. The number of hydrogen-bond donors (Lipinski definition) is 0. The van der Waals surface area contributed by atoms with E-state index in [4.69, 9.17) is 4.74 Å². The van der Waals surface area contributed by atoms with Crippen LogP contribution in [0, 0.1) is 5.41 Å². The molecule has 0 aromatic rings. The molecule has 1 aliphatic rings. The Hall–Kier alpha value is -1.58. The van der Waals surface area contributed by atoms with E-state index in [9.17, 15) is 9.59 Å². The summed E-state index contributed by atoms with van der Waals surface area (Å²) in [6, 6.07) is 0. The minimum atomic E-state index is -0.248. The van der Waals surface area contributed by atoms with Crippen molar-refractivity contribution in [2.24, 2.45) is 5.41 Å². The molecule has 0 saturated heterocycles. The van der Waals surface area contributed by atoms with Crippen molar-refractivity contribution in [3.8, 4) is 0 Å². The lowest BCUT2D eigenvalue weighted by Crippen LogP contribution is -2.32. The molecule has 0 aromatic heterocycles. The summed E-state index contributed by atoms with van der Waals surface area (Å²) in [5.74, 6) is 0.0993. The number of carbonyl (C=O) groups excluding carboxylic acids is 2. The Labute approximate surface area is 108 Å². The topological polar surface area (TPSA) is 46.6 Å². The third kappa shape index (κ3) is 3.45. The van der Waals surface area contributed by atoms with Crippen molar-refractivity contribution in [1.29, 1.82) is 0 Å². The van der Waals surface area contributed by atoms with Crippen molar-refractivity contribution < 1.29 is 14.3 Å². The predicted molar refractivity (Wildman–Crippen MR) is 69.9 cm³/mol. The van der Waals surface area contributed by atoms with Crippen LogP contribution in [0.25, 0.3) is 0 Å². The molecular weight excluding hydrogens is 230 g/mol. The van der Waals surface area contributed by atoms with Gasteiger partial charge in [-0.05, 0) is 11.5 Å². The van der Waals surface area contributed by atoms with Gasteiger partial charge >= 0.3 is 0 Å². The summed E-state index contributed by atoms with van der Waals surface area (Å²) in [4.78, 5) is 25.9. The van der Waals surface area contributed by atoms with Gasteiger partial charge in [0, 0.05) is 33.1 Å². The van der Waals surface area contributed by atoms with Gasteiger partial charge in [0.1, 0.15) is 11.3 Å². The van der Waals surface area contributed by atoms with E-state index in [1.165, 1.54) is 7.11 Å². The molecule has 1 rings (SSSR count). The predicted octanol–water partition coefficient (Wildman–Crippen LogP) is 1.92. The maximum atomic E-state index is 12.1. The van der Waals surface area contributed by atoms with Gasteiger partial charge in [0.2, 0.25) is 0 Å². The number of nitrogens with zero attached hydrogens (tertiary/aromatic N) is 1. The molecule has 1 aliphatic carbocycles. The number of methoxy groups -OCH3 is 1. The van der Waals surface area contributed by atoms with Crippen LogP contribution in [-0.2, 0) is 14.3 Å². The van der Waals surface area contributed by atoms with E-state index in [1.807, 2.05) is 32.8 Å². The molecule has 18 heavy (non-hydrogen) atoms. The molecule has 0 atom stereocenters. The molecule has 0 amide bonds. The van der Waals surface area contributed by atoms with Crippen molar-refractivity contribution in [2.75, 3.05) is 21.2 Å². The van der Waals surface area contributed by atoms with Gasteiger partial charge < -0.3 is 9.64 Å². The SMILES string of the molecule is COC(/C=C/N(C)C)=C1C(=O)CC(C)(C)CC1=O. The molecule has 0 N–H and O–H groups in total. The zero-order valence-electron chi connectivity index (χ0n) is 11.7. The van der Waals surface area contributed by atoms with Gasteiger partial charge in [-0.15, -0.1) is 0 Å². The van der Waals surface area contributed by atoms with E-state index >= 15 is 0 Å². The first-order valence-corrected chi connectivity index (χ1v) is 5.96. The minimum Gasteiger partial charge on any atom is -0.496 e.